The van der Waals surface area contributed by atoms with Gasteiger partial charge >= 0.3 is 27.4 Å². The molecular weight excluding hydrogens is 738 g/mol. The van der Waals surface area contributed by atoms with Crippen LogP contribution in [-0.2, 0) is 50.5 Å². The average molecular weight is 781 g/mol. The maximum absolute atomic E-state index is 13.6. The van der Waals surface area contributed by atoms with Crippen molar-refractivity contribution in [2.24, 2.45) is 0 Å². The number of hydrogen-bond donors (Lipinski definition) is 9. The lowest BCUT2D eigenvalue weighted by molar-refractivity contribution is -0.248. The number of alkyl carbamates (subject to hydrolysis) is 1. The van der Waals surface area contributed by atoms with Gasteiger partial charge in [0, 0.05) is 52.5 Å². The van der Waals surface area contributed by atoms with Crippen LogP contribution in [0.15, 0.2) is 21.9 Å². The minimum Gasteiger partial charge on any atom is -0.449 e. The van der Waals surface area contributed by atoms with E-state index in [0.29, 0.717) is 0 Å². The van der Waals surface area contributed by atoms with Crippen LogP contribution in [0.25, 0.3) is 0 Å². The van der Waals surface area contributed by atoms with Crippen molar-refractivity contribution in [1.29, 1.82) is 0 Å². The Hall–Kier alpha value is -2.64. The fourth-order valence-corrected chi connectivity index (χ4v) is 7.46. The second-order valence-corrected chi connectivity index (χ2v) is 14.5. The zero-order valence-electron chi connectivity index (χ0n) is 27.2. The number of aromatic nitrogens is 2. The molecule has 51 heavy (non-hydrogen) atoms. The number of carbonyl (C=O) groups is 2. The van der Waals surface area contributed by atoms with E-state index in [1.54, 1.807) is 0 Å². The molecule has 1 aromatic rings. The fraction of sp³-hybridized carbons (Fsp3) is 0.760. The van der Waals surface area contributed by atoms with Crippen molar-refractivity contribution in [3.8, 4) is 0 Å². The molecule has 11 atom stereocenters. The number of rotatable bonds is 19. The summed E-state index contributed by atoms with van der Waals surface area (Å²) in [6.07, 6.45) is -13.5. The normalized spacial score (nSPS) is 30.2. The largest absolute Gasteiger partial charge is 0.485 e. The fourth-order valence-electron chi connectivity index (χ4n) is 4.65. The Labute approximate surface area is 288 Å². The monoisotopic (exact) mass is 780 g/mol. The molecule has 2 amide bonds. The van der Waals surface area contributed by atoms with Crippen LogP contribution in [0, 0.1) is 0 Å². The third-order valence-corrected chi connectivity index (χ3v) is 10.8. The molecule has 3 heterocycles. The van der Waals surface area contributed by atoms with Crippen molar-refractivity contribution in [3.63, 3.8) is 0 Å². The van der Waals surface area contributed by atoms with Gasteiger partial charge in [-0.2, -0.15) is 4.31 Å². The number of aliphatic hydroxyl groups is 6. The molecule has 9 N–H and O–H groups in total. The van der Waals surface area contributed by atoms with E-state index in [0.717, 1.165) is 31.0 Å². The summed E-state index contributed by atoms with van der Waals surface area (Å²) in [5.74, 6) is -0.778. The zero-order chi connectivity index (χ0) is 37.9. The van der Waals surface area contributed by atoms with Gasteiger partial charge in [-0.1, -0.05) is 0 Å². The van der Waals surface area contributed by atoms with E-state index in [-0.39, 0.29) is 39.0 Å². The van der Waals surface area contributed by atoms with Gasteiger partial charge in [0.05, 0.1) is 19.8 Å². The smallest absolute Gasteiger partial charge is 0.449 e. The zero-order valence-corrected chi connectivity index (χ0v) is 29.0. The SMILES string of the molecule is COP(=O)(OCC1OC(n2ccc(=O)[nH]c2=O)C(O)C1O)OP(=O)(OC)O[C@@H]1OC(CO)[C@H](O)[C@H](O)C1NC(=O)CCCNC(=O)OCCCO. The molecule has 0 bridgehead atoms. The lowest BCUT2D eigenvalue weighted by atomic mass is 9.97. The van der Waals surface area contributed by atoms with Crippen molar-refractivity contribution < 1.29 is 86.0 Å². The second-order valence-electron chi connectivity index (χ2n) is 10.8. The molecule has 24 nitrogen and oxygen atoms in total. The summed E-state index contributed by atoms with van der Waals surface area (Å²) in [4.78, 5) is 49.8. The highest BCUT2D eigenvalue weighted by atomic mass is 31.3. The van der Waals surface area contributed by atoms with Crippen molar-refractivity contribution in [3.05, 3.63) is 33.1 Å². The van der Waals surface area contributed by atoms with Crippen molar-refractivity contribution >= 4 is 27.6 Å². The van der Waals surface area contributed by atoms with E-state index >= 15 is 0 Å². The summed E-state index contributed by atoms with van der Waals surface area (Å²) in [5, 5.41) is 65.1. The number of nitrogens with one attached hydrogen (secondary N) is 3. The van der Waals surface area contributed by atoms with Crippen LogP contribution in [-0.4, -0.2) is 148 Å². The molecule has 3 rings (SSSR count). The van der Waals surface area contributed by atoms with E-state index in [1.807, 2.05) is 4.98 Å². The molecule has 2 aliphatic heterocycles. The van der Waals surface area contributed by atoms with Crippen LogP contribution < -0.4 is 21.9 Å². The molecule has 1 aromatic heterocycles. The number of phosphoric acid groups is 2. The second kappa shape index (κ2) is 19.4. The highest BCUT2D eigenvalue weighted by Gasteiger charge is 2.51. The van der Waals surface area contributed by atoms with Gasteiger partial charge < -0.3 is 55.5 Å². The van der Waals surface area contributed by atoms with Crippen LogP contribution in [0.3, 0.4) is 0 Å². The Bertz CT molecular complexity index is 1510. The Morgan fingerprint density at radius 3 is 2.27 bits per heavy atom. The number of ether oxygens (including phenoxy) is 3. The Morgan fingerprint density at radius 1 is 0.961 bits per heavy atom. The lowest BCUT2D eigenvalue weighted by Crippen LogP contribution is -2.64. The first-order valence-corrected chi connectivity index (χ1v) is 18.1. The Morgan fingerprint density at radius 2 is 1.65 bits per heavy atom. The van der Waals surface area contributed by atoms with Crippen LogP contribution in [0.1, 0.15) is 25.5 Å². The van der Waals surface area contributed by atoms with E-state index in [4.69, 9.17) is 41.7 Å². The van der Waals surface area contributed by atoms with Crippen LogP contribution in [0.4, 0.5) is 4.79 Å². The summed E-state index contributed by atoms with van der Waals surface area (Å²) in [6.45, 7) is -1.98. The van der Waals surface area contributed by atoms with E-state index in [1.165, 1.54) is 0 Å². The van der Waals surface area contributed by atoms with Gasteiger partial charge in [0.1, 0.15) is 42.7 Å². The minimum atomic E-state index is -5.15. The first-order valence-electron chi connectivity index (χ1n) is 15.2. The molecule has 2 saturated heterocycles. The Balaban J connectivity index is 1.66. The third-order valence-electron chi connectivity index (χ3n) is 7.33. The molecule has 0 saturated carbocycles. The van der Waals surface area contributed by atoms with Gasteiger partial charge in [0.2, 0.25) is 5.91 Å². The van der Waals surface area contributed by atoms with Gasteiger partial charge in [-0.25, -0.2) is 18.7 Å². The van der Waals surface area contributed by atoms with Crippen LogP contribution >= 0.6 is 15.6 Å². The highest BCUT2D eigenvalue weighted by molar-refractivity contribution is 7.62. The molecule has 292 valence electrons. The Kier molecular flexibility index (Phi) is 16.3. The summed E-state index contributed by atoms with van der Waals surface area (Å²) in [5.41, 5.74) is -1.72. The van der Waals surface area contributed by atoms with Gasteiger partial charge in [0.25, 0.3) is 5.56 Å². The van der Waals surface area contributed by atoms with Crippen LogP contribution in [0.5, 0.6) is 0 Å². The van der Waals surface area contributed by atoms with Crippen LogP contribution in [0.2, 0.25) is 0 Å². The highest BCUT2D eigenvalue weighted by Crippen LogP contribution is 2.66. The number of H-pyrrole nitrogens is 1. The number of carbonyl (C=O) groups excluding carboxylic acids is 2. The van der Waals surface area contributed by atoms with Crippen molar-refractivity contribution in [2.45, 2.75) is 74.4 Å². The molecule has 0 aromatic carbocycles. The first-order chi connectivity index (χ1) is 24.1. The molecule has 2 fully saturated rings. The molecule has 0 spiro atoms. The third kappa shape index (κ3) is 11.7. The quantitative estimate of drug-likeness (QED) is 0.0486. The maximum Gasteiger partial charge on any atom is 0.485 e. The first kappa shape index (κ1) is 42.8. The summed E-state index contributed by atoms with van der Waals surface area (Å²) in [6, 6.07) is -0.752. The molecule has 8 unspecified atom stereocenters. The predicted molar refractivity (Wildman–Crippen MR) is 165 cm³/mol. The number of hydrogen-bond acceptors (Lipinski definition) is 20. The molecule has 2 aliphatic rings. The summed E-state index contributed by atoms with van der Waals surface area (Å²) in [7, 11) is -8.58. The van der Waals surface area contributed by atoms with Gasteiger partial charge in [-0.3, -0.25) is 37.2 Å². The number of aromatic amines is 1. The summed E-state index contributed by atoms with van der Waals surface area (Å²) < 4.78 is 68.3. The predicted octanol–water partition coefficient (Wildman–Crippen LogP) is -3.47. The molecule has 26 heteroatoms. The van der Waals surface area contributed by atoms with E-state index < -0.39 is 107 Å². The van der Waals surface area contributed by atoms with Gasteiger partial charge in [-0.05, 0) is 6.42 Å². The molecule has 0 aliphatic carbocycles. The maximum atomic E-state index is 13.6. The van der Waals surface area contributed by atoms with E-state index in [2.05, 4.69) is 10.6 Å². The number of aliphatic hydroxyl groups excluding tert-OH is 6. The molecular formula is C25H42N4O20P2. The van der Waals surface area contributed by atoms with Crippen molar-refractivity contribution in [2.75, 3.05) is 47.2 Å². The minimum absolute atomic E-state index is 0.0164. The average Bonchev–Trinajstić information content (AvgIpc) is 3.37. The summed E-state index contributed by atoms with van der Waals surface area (Å²) >= 11 is 0. The molecule has 0 radical (unpaired) electrons. The standard InChI is InChI=1S/C25H42N4O20P2/c1-42-50(40,45-12-14-19(35)21(37)22(46-14)29-8-6-16(33)28-24(29)38)49-51(41,43-2)48-23-17(20(36)18(34)13(11-31)47-23)27-15(32)5-3-7-26-25(39)44-10-4-9-30/h6,8,13-14,17-23,30-31,34-37H,3-5,7,9-12H2,1-2H3,(H,26,39)(H,27,32)(H,28,33,38)/t13?,14?,17?,18-,19?,20+,21?,22?,23-,50?,51?/m0/s1. The lowest BCUT2D eigenvalue weighted by Gasteiger charge is -2.42. The van der Waals surface area contributed by atoms with Gasteiger partial charge in [0.15, 0.2) is 12.5 Å². The van der Waals surface area contributed by atoms with Crippen molar-refractivity contribution in [1.82, 2.24) is 20.2 Å². The van der Waals surface area contributed by atoms with E-state index in [9.17, 15) is 53.8 Å². The number of amides is 2. The topological polar surface area (TPSA) is 342 Å². The number of nitrogens with zero attached hydrogens (tertiary/aromatic N) is 1. The number of phosphoric ester groups is 2. The van der Waals surface area contributed by atoms with Gasteiger partial charge in [-0.15, -0.1) is 0 Å².